The van der Waals surface area contributed by atoms with Gasteiger partial charge in [0.2, 0.25) is 6.17 Å². The molecule has 1 saturated carbocycles. The fraction of sp³-hybridized carbons (Fsp3) is 0.138. The van der Waals surface area contributed by atoms with Gasteiger partial charge in [0.25, 0.3) is 11.8 Å². The number of aromatic nitrogens is 5. The highest BCUT2D eigenvalue weighted by Crippen LogP contribution is 2.38. The molecule has 1 amide bonds. The average molecular weight is 515 g/mol. The van der Waals surface area contributed by atoms with E-state index < -0.39 is 6.17 Å². The molecule has 1 atom stereocenters. The standard InChI is InChI=1S/C29H22N8O2/c38-27-26(34-23(17-7-2-1-3-8-17)21-9-4-5-11-22(21)33-27)35-29-37-36-28(39-29)24-20(10-6-14-30-24)19-15-31-25(32-16-19)18-12-13-18/h1-11,14-16,18,26H,12-13H2,(H,33,38)(H,35,37). The largest absolute Gasteiger partial charge is 0.402 e. The number of rotatable bonds is 6. The number of carbonyl (C=O) groups is 1. The lowest BCUT2D eigenvalue weighted by molar-refractivity contribution is -0.116. The summed E-state index contributed by atoms with van der Waals surface area (Å²) in [6.45, 7) is 0. The monoisotopic (exact) mass is 514 g/mol. The minimum absolute atomic E-state index is 0.0456. The Morgan fingerprint density at radius 1 is 0.821 bits per heavy atom. The van der Waals surface area contributed by atoms with Gasteiger partial charge in [0, 0.05) is 46.8 Å². The Kier molecular flexibility index (Phi) is 5.62. The summed E-state index contributed by atoms with van der Waals surface area (Å²) in [6.07, 6.45) is 6.51. The van der Waals surface area contributed by atoms with Crippen molar-refractivity contribution in [2.75, 3.05) is 10.6 Å². The molecule has 39 heavy (non-hydrogen) atoms. The first kappa shape index (κ1) is 22.9. The summed E-state index contributed by atoms with van der Waals surface area (Å²) < 4.78 is 5.93. The molecule has 2 aromatic carbocycles. The molecule has 1 aliphatic heterocycles. The van der Waals surface area contributed by atoms with Crippen LogP contribution in [0.25, 0.3) is 22.7 Å². The maximum atomic E-state index is 13.2. The zero-order valence-corrected chi connectivity index (χ0v) is 20.7. The molecular formula is C29H22N8O2. The third-order valence-electron chi connectivity index (χ3n) is 6.61. The van der Waals surface area contributed by atoms with Crippen LogP contribution >= 0.6 is 0 Å². The average Bonchev–Trinajstić information content (AvgIpc) is 3.76. The molecule has 10 nitrogen and oxygen atoms in total. The van der Waals surface area contributed by atoms with E-state index in [1.807, 2.05) is 66.7 Å². The van der Waals surface area contributed by atoms with Gasteiger partial charge in [0.15, 0.2) is 0 Å². The van der Waals surface area contributed by atoms with Crippen LogP contribution < -0.4 is 10.6 Å². The quantitative estimate of drug-likeness (QED) is 0.334. The Balaban J connectivity index is 1.20. The molecule has 2 aliphatic rings. The summed E-state index contributed by atoms with van der Waals surface area (Å²) in [6, 6.07) is 21.1. The Labute approximate surface area is 223 Å². The van der Waals surface area contributed by atoms with Gasteiger partial charge in [-0.1, -0.05) is 59.7 Å². The number of hydrogen-bond acceptors (Lipinski definition) is 9. The van der Waals surface area contributed by atoms with Gasteiger partial charge in [-0.15, -0.1) is 5.10 Å². The van der Waals surface area contributed by atoms with Crippen LogP contribution in [-0.4, -0.2) is 42.9 Å². The molecule has 1 fully saturated rings. The highest BCUT2D eigenvalue weighted by molar-refractivity contribution is 6.19. The van der Waals surface area contributed by atoms with E-state index in [1.54, 1.807) is 18.6 Å². The van der Waals surface area contributed by atoms with Crippen LogP contribution in [0, 0.1) is 0 Å². The van der Waals surface area contributed by atoms with Crippen LogP contribution in [-0.2, 0) is 4.79 Å². The maximum Gasteiger partial charge on any atom is 0.317 e. The molecular weight excluding hydrogens is 492 g/mol. The molecule has 2 N–H and O–H groups in total. The lowest BCUT2D eigenvalue weighted by Crippen LogP contribution is -2.32. The second kappa shape index (κ2) is 9.56. The van der Waals surface area contributed by atoms with Gasteiger partial charge in [-0.3, -0.25) is 9.78 Å². The molecule has 0 bridgehead atoms. The Morgan fingerprint density at radius 3 is 2.41 bits per heavy atom. The summed E-state index contributed by atoms with van der Waals surface area (Å²) in [5.74, 6) is 1.19. The van der Waals surface area contributed by atoms with Crippen molar-refractivity contribution in [2.24, 2.45) is 4.99 Å². The van der Waals surface area contributed by atoms with Gasteiger partial charge < -0.3 is 15.1 Å². The second-order valence-corrected chi connectivity index (χ2v) is 9.34. The van der Waals surface area contributed by atoms with Crippen molar-refractivity contribution in [1.29, 1.82) is 0 Å². The number of benzene rings is 2. The van der Waals surface area contributed by atoms with Crippen molar-refractivity contribution in [3.8, 4) is 22.7 Å². The number of amides is 1. The van der Waals surface area contributed by atoms with Crippen molar-refractivity contribution in [1.82, 2.24) is 25.1 Å². The molecule has 5 aromatic rings. The summed E-state index contributed by atoms with van der Waals surface area (Å²) in [5, 5.41) is 14.3. The van der Waals surface area contributed by atoms with E-state index >= 15 is 0 Å². The molecule has 3 aromatic heterocycles. The van der Waals surface area contributed by atoms with Crippen molar-refractivity contribution in [3.05, 3.63) is 102 Å². The van der Waals surface area contributed by atoms with Crippen molar-refractivity contribution < 1.29 is 9.21 Å². The first-order valence-corrected chi connectivity index (χ1v) is 12.6. The van der Waals surface area contributed by atoms with Crippen LogP contribution in [0.3, 0.4) is 0 Å². The molecule has 0 saturated heterocycles. The predicted molar refractivity (Wildman–Crippen MR) is 145 cm³/mol. The lowest BCUT2D eigenvalue weighted by Gasteiger charge is -2.11. The summed E-state index contributed by atoms with van der Waals surface area (Å²) in [7, 11) is 0. The first-order valence-electron chi connectivity index (χ1n) is 12.6. The van der Waals surface area contributed by atoms with Crippen LogP contribution in [0.2, 0.25) is 0 Å². The molecule has 0 spiro atoms. The molecule has 1 aliphatic carbocycles. The lowest BCUT2D eigenvalue weighted by atomic mass is 10.0. The second-order valence-electron chi connectivity index (χ2n) is 9.34. The van der Waals surface area contributed by atoms with Crippen molar-refractivity contribution >= 4 is 23.3 Å². The number of nitrogens with zero attached hydrogens (tertiary/aromatic N) is 6. The van der Waals surface area contributed by atoms with E-state index in [0.29, 0.717) is 23.0 Å². The summed E-state index contributed by atoms with van der Waals surface area (Å²) in [4.78, 5) is 31.5. The van der Waals surface area contributed by atoms with Crippen LogP contribution in [0.5, 0.6) is 0 Å². The molecule has 10 heteroatoms. The zero-order valence-electron chi connectivity index (χ0n) is 20.7. The normalized spacial score (nSPS) is 16.6. The number of carbonyl (C=O) groups excluding carboxylic acids is 1. The number of fused-ring (bicyclic) bond motifs is 1. The fourth-order valence-electron chi connectivity index (χ4n) is 4.51. The van der Waals surface area contributed by atoms with E-state index in [4.69, 9.17) is 9.41 Å². The van der Waals surface area contributed by atoms with E-state index in [9.17, 15) is 4.79 Å². The minimum atomic E-state index is -1.01. The van der Waals surface area contributed by atoms with Gasteiger partial charge in [0.1, 0.15) is 11.5 Å². The molecule has 190 valence electrons. The predicted octanol–water partition coefficient (Wildman–Crippen LogP) is 4.69. The number of anilines is 2. The zero-order chi connectivity index (χ0) is 26.2. The van der Waals surface area contributed by atoms with Gasteiger partial charge in [-0.25, -0.2) is 15.0 Å². The maximum absolute atomic E-state index is 13.2. The van der Waals surface area contributed by atoms with Gasteiger partial charge in [-0.2, -0.15) is 0 Å². The number of para-hydroxylation sites is 1. The number of pyridine rings is 1. The van der Waals surface area contributed by atoms with Crippen LogP contribution in [0.1, 0.15) is 35.7 Å². The topological polar surface area (TPSA) is 131 Å². The van der Waals surface area contributed by atoms with Crippen molar-refractivity contribution in [3.63, 3.8) is 0 Å². The highest BCUT2D eigenvalue weighted by Gasteiger charge is 2.28. The van der Waals surface area contributed by atoms with Crippen LogP contribution in [0.4, 0.5) is 11.7 Å². The number of benzodiazepines with no additional fused rings is 1. The number of hydrogen-bond donors (Lipinski definition) is 2. The molecule has 7 rings (SSSR count). The van der Waals surface area contributed by atoms with E-state index in [-0.39, 0.29) is 17.8 Å². The third kappa shape index (κ3) is 4.52. The Hall–Kier alpha value is -5.25. The van der Waals surface area contributed by atoms with E-state index in [1.165, 1.54) is 0 Å². The van der Waals surface area contributed by atoms with E-state index in [0.717, 1.165) is 40.9 Å². The fourth-order valence-corrected chi connectivity index (χ4v) is 4.51. The van der Waals surface area contributed by atoms with Crippen LogP contribution in [0.15, 0.2) is 94.7 Å². The van der Waals surface area contributed by atoms with Gasteiger partial charge in [0.05, 0.1) is 11.4 Å². The summed E-state index contributed by atoms with van der Waals surface area (Å²) in [5.41, 5.74) is 5.10. The smallest absolute Gasteiger partial charge is 0.317 e. The van der Waals surface area contributed by atoms with E-state index in [2.05, 4.69) is 35.8 Å². The van der Waals surface area contributed by atoms with Crippen molar-refractivity contribution in [2.45, 2.75) is 24.9 Å². The summed E-state index contributed by atoms with van der Waals surface area (Å²) >= 11 is 0. The SMILES string of the molecule is O=C1Nc2ccccc2C(c2ccccc2)=NC1Nc1nnc(-c2ncccc2-c2cnc(C3CC3)nc2)o1. The minimum Gasteiger partial charge on any atom is -0.402 e. The molecule has 4 heterocycles. The Morgan fingerprint density at radius 2 is 1.59 bits per heavy atom. The molecule has 0 radical (unpaired) electrons. The Bertz CT molecular complexity index is 1690. The third-order valence-corrected chi connectivity index (χ3v) is 6.61. The molecule has 1 unspecified atom stereocenters. The number of aliphatic imine (C=N–C) groups is 1. The van der Waals surface area contributed by atoms with Gasteiger partial charge in [-0.05, 0) is 25.0 Å². The van der Waals surface area contributed by atoms with Gasteiger partial charge >= 0.3 is 6.01 Å². The first-order chi connectivity index (χ1) is 19.2. The highest BCUT2D eigenvalue weighted by atomic mass is 16.4. The number of nitrogens with one attached hydrogen (secondary N) is 2.